The van der Waals surface area contributed by atoms with E-state index in [1.54, 1.807) is 6.20 Å². The molecule has 0 aromatic carbocycles. The Morgan fingerprint density at radius 3 is 2.67 bits per heavy atom. The zero-order chi connectivity index (χ0) is 12.7. The molecule has 2 atom stereocenters. The Morgan fingerprint density at radius 2 is 2.06 bits per heavy atom. The van der Waals surface area contributed by atoms with Crippen LogP contribution in [0.1, 0.15) is 41.7 Å². The molecule has 0 aliphatic carbocycles. The first-order valence-electron chi connectivity index (χ1n) is 6.55. The molecule has 3 nitrogen and oxygen atoms in total. The maximum atomic E-state index is 12.6. The predicted molar refractivity (Wildman–Crippen MR) is 70.8 cm³/mol. The second kappa shape index (κ2) is 4.54. The van der Waals surface area contributed by atoms with Crippen LogP contribution in [-0.2, 0) is 0 Å². The van der Waals surface area contributed by atoms with Crippen LogP contribution in [0.5, 0.6) is 0 Å². The minimum absolute atomic E-state index is 0.136. The number of pyridine rings is 1. The summed E-state index contributed by atoms with van der Waals surface area (Å²) >= 11 is 6.24. The monoisotopic (exact) mass is 264 g/mol. The van der Waals surface area contributed by atoms with Gasteiger partial charge in [-0.25, -0.2) is 0 Å². The van der Waals surface area contributed by atoms with Gasteiger partial charge in [0.05, 0.1) is 5.56 Å². The van der Waals surface area contributed by atoms with E-state index in [1.807, 2.05) is 19.1 Å². The summed E-state index contributed by atoms with van der Waals surface area (Å²) < 4.78 is 0. The fourth-order valence-corrected chi connectivity index (χ4v) is 3.70. The molecule has 2 unspecified atom stereocenters. The van der Waals surface area contributed by atoms with E-state index in [0.717, 1.165) is 36.9 Å². The predicted octanol–water partition coefficient (Wildman–Crippen LogP) is 2.76. The number of rotatable bonds is 1. The molecule has 2 fully saturated rings. The lowest BCUT2D eigenvalue weighted by molar-refractivity contribution is 0.0598. The summed E-state index contributed by atoms with van der Waals surface area (Å²) in [7, 11) is 0. The third kappa shape index (κ3) is 1.91. The number of carbonyl (C=O) groups excluding carboxylic acids is 1. The SMILES string of the molecule is Cc1ncccc1C(=O)N1C2CCC1CC(Cl)C2. The molecule has 1 aromatic rings. The molecular weight excluding hydrogens is 248 g/mol. The molecule has 0 radical (unpaired) electrons. The largest absolute Gasteiger partial charge is 0.333 e. The summed E-state index contributed by atoms with van der Waals surface area (Å²) in [6.07, 6.45) is 5.79. The lowest BCUT2D eigenvalue weighted by Gasteiger charge is -2.37. The minimum Gasteiger partial charge on any atom is -0.333 e. The van der Waals surface area contributed by atoms with E-state index in [4.69, 9.17) is 11.6 Å². The van der Waals surface area contributed by atoms with Gasteiger partial charge in [0.1, 0.15) is 0 Å². The van der Waals surface area contributed by atoms with Crippen LogP contribution in [0.15, 0.2) is 18.3 Å². The van der Waals surface area contributed by atoms with Crippen molar-refractivity contribution in [3.8, 4) is 0 Å². The standard InChI is InChI=1S/C14H17ClN2O/c1-9-13(3-2-6-16-9)14(18)17-11-4-5-12(17)8-10(15)7-11/h2-3,6,10-12H,4-5,7-8H2,1H3. The van der Waals surface area contributed by atoms with Gasteiger partial charge in [-0.2, -0.15) is 0 Å². The molecule has 1 amide bonds. The van der Waals surface area contributed by atoms with E-state index in [-0.39, 0.29) is 11.3 Å². The molecule has 4 heteroatoms. The van der Waals surface area contributed by atoms with Crippen LogP contribution >= 0.6 is 11.6 Å². The maximum Gasteiger partial charge on any atom is 0.256 e. The van der Waals surface area contributed by atoms with E-state index in [2.05, 4.69) is 9.88 Å². The van der Waals surface area contributed by atoms with Gasteiger partial charge in [0, 0.05) is 29.4 Å². The summed E-state index contributed by atoms with van der Waals surface area (Å²) in [5.74, 6) is 0.136. The average Bonchev–Trinajstić information content (AvgIpc) is 2.61. The Labute approximate surface area is 112 Å². The van der Waals surface area contributed by atoms with Crippen molar-refractivity contribution in [2.75, 3.05) is 0 Å². The minimum atomic E-state index is 0.136. The molecule has 3 rings (SSSR count). The van der Waals surface area contributed by atoms with E-state index < -0.39 is 0 Å². The second-order valence-corrected chi connectivity index (χ2v) is 5.92. The molecular formula is C14H17ClN2O. The van der Waals surface area contributed by atoms with Gasteiger partial charge in [-0.1, -0.05) is 0 Å². The molecule has 18 heavy (non-hydrogen) atoms. The Balaban J connectivity index is 1.88. The summed E-state index contributed by atoms with van der Waals surface area (Å²) in [5.41, 5.74) is 1.55. The van der Waals surface area contributed by atoms with E-state index in [1.165, 1.54) is 0 Å². The molecule has 3 heterocycles. The highest BCUT2D eigenvalue weighted by Crippen LogP contribution is 2.38. The molecule has 96 valence electrons. The van der Waals surface area contributed by atoms with Crippen LogP contribution in [0.25, 0.3) is 0 Å². The molecule has 2 bridgehead atoms. The van der Waals surface area contributed by atoms with Crippen LogP contribution in [0, 0.1) is 6.92 Å². The summed E-state index contributed by atoms with van der Waals surface area (Å²) in [6, 6.07) is 4.37. The number of halogens is 1. The van der Waals surface area contributed by atoms with Crippen molar-refractivity contribution in [3.05, 3.63) is 29.6 Å². The van der Waals surface area contributed by atoms with Crippen LogP contribution in [0.4, 0.5) is 0 Å². The van der Waals surface area contributed by atoms with Gasteiger partial charge in [-0.05, 0) is 44.7 Å². The Bertz CT molecular complexity index is 463. The Hall–Kier alpha value is -1.09. The third-order valence-electron chi connectivity index (χ3n) is 4.15. The fraction of sp³-hybridized carbons (Fsp3) is 0.571. The molecule has 0 spiro atoms. The van der Waals surface area contributed by atoms with Crippen molar-refractivity contribution in [2.24, 2.45) is 0 Å². The van der Waals surface area contributed by atoms with Gasteiger partial charge in [0.25, 0.3) is 5.91 Å². The van der Waals surface area contributed by atoms with Gasteiger partial charge < -0.3 is 4.90 Å². The average molecular weight is 265 g/mol. The fourth-order valence-electron chi connectivity index (χ4n) is 3.29. The molecule has 2 aliphatic heterocycles. The zero-order valence-electron chi connectivity index (χ0n) is 10.5. The van der Waals surface area contributed by atoms with E-state index in [0.29, 0.717) is 12.1 Å². The van der Waals surface area contributed by atoms with Crippen molar-refractivity contribution in [2.45, 2.75) is 50.1 Å². The van der Waals surface area contributed by atoms with Crippen molar-refractivity contribution in [1.82, 2.24) is 9.88 Å². The molecule has 2 aliphatic rings. The highest BCUT2D eigenvalue weighted by Gasteiger charge is 2.43. The molecule has 0 N–H and O–H groups in total. The van der Waals surface area contributed by atoms with Crippen molar-refractivity contribution in [1.29, 1.82) is 0 Å². The first-order chi connectivity index (χ1) is 8.66. The van der Waals surface area contributed by atoms with Crippen LogP contribution in [-0.4, -0.2) is 33.3 Å². The quantitative estimate of drug-likeness (QED) is 0.731. The maximum absolute atomic E-state index is 12.6. The van der Waals surface area contributed by atoms with Gasteiger partial charge in [0.2, 0.25) is 0 Å². The van der Waals surface area contributed by atoms with Crippen molar-refractivity contribution in [3.63, 3.8) is 0 Å². The first-order valence-corrected chi connectivity index (χ1v) is 6.99. The van der Waals surface area contributed by atoms with Gasteiger partial charge in [-0.3, -0.25) is 9.78 Å². The smallest absolute Gasteiger partial charge is 0.256 e. The highest BCUT2D eigenvalue weighted by molar-refractivity contribution is 6.20. The van der Waals surface area contributed by atoms with Gasteiger partial charge in [-0.15, -0.1) is 11.6 Å². The van der Waals surface area contributed by atoms with Crippen molar-refractivity contribution >= 4 is 17.5 Å². The topological polar surface area (TPSA) is 33.2 Å². The van der Waals surface area contributed by atoms with Crippen LogP contribution in [0.2, 0.25) is 0 Å². The summed E-state index contributed by atoms with van der Waals surface area (Å²) in [4.78, 5) is 18.9. The number of hydrogen-bond acceptors (Lipinski definition) is 2. The molecule has 0 saturated carbocycles. The van der Waals surface area contributed by atoms with Gasteiger partial charge in [0.15, 0.2) is 0 Å². The number of aromatic nitrogens is 1. The van der Waals surface area contributed by atoms with Crippen molar-refractivity contribution < 1.29 is 4.79 Å². The number of nitrogens with zero attached hydrogens (tertiary/aromatic N) is 2. The second-order valence-electron chi connectivity index (χ2n) is 5.30. The molecule has 2 saturated heterocycles. The number of aryl methyl sites for hydroxylation is 1. The Kier molecular flexibility index (Phi) is 3.02. The highest BCUT2D eigenvalue weighted by atomic mass is 35.5. The third-order valence-corrected chi connectivity index (χ3v) is 4.50. The van der Waals surface area contributed by atoms with Crippen LogP contribution < -0.4 is 0 Å². The summed E-state index contributed by atoms with van der Waals surface area (Å²) in [6.45, 7) is 1.89. The lowest BCUT2D eigenvalue weighted by Crippen LogP contribution is -2.47. The number of alkyl halides is 1. The first kappa shape index (κ1) is 12.0. The van der Waals surface area contributed by atoms with Crippen LogP contribution in [0.3, 0.4) is 0 Å². The number of fused-ring (bicyclic) bond motifs is 2. The molecule has 1 aromatic heterocycles. The zero-order valence-corrected chi connectivity index (χ0v) is 11.2. The van der Waals surface area contributed by atoms with Gasteiger partial charge >= 0.3 is 0 Å². The number of carbonyl (C=O) groups is 1. The Morgan fingerprint density at radius 1 is 1.39 bits per heavy atom. The number of piperidine rings is 1. The number of amides is 1. The lowest BCUT2D eigenvalue weighted by atomic mass is 10.0. The van der Waals surface area contributed by atoms with E-state index >= 15 is 0 Å². The number of hydrogen-bond donors (Lipinski definition) is 0. The van der Waals surface area contributed by atoms with E-state index in [9.17, 15) is 4.79 Å². The normalized spacial score (nSPS) is 30.6. The summed E-state index contributed by atoms with van der Waals surface area (Å²) in [5, 5.41) is 0.238.